The topological polar surface area (TPSA) is 102 Å². The summed E-state index contributed by atoms with van der Waals surface area (Å²) < 4.78 is 4.69. The van der Waals surface area contributed by atoms with Crippen LogP contribution in [0.5, 0.6) is 0 Å². The predicted molar refractivity (Wildman–Crippen MR) is 107 cm³/mol. The number of rotatable bonds is 5. The van der Waals surface area contributed by atoms with Crippen LogP contribution in [0.15, 0.2) is 29.6 Å². The van der Waals surface area contributed by atoms with E-state index in [1.54, 1.807) is 23.6 Å². The van der Waals surface area contributed by atoms with Gasteiger partial charge in [-0.05, 0) is 42.3 Å². The maximum Gasteiger partial charge on any atom is 0.340 e. The number of ether oxygens (including phenoxy) is 1. The molecule has 0 radical (unpaired) electrons. The molecular formula is C19H21N3O5S. The highest BCUT2D eigenvalue weighted by atomic mass is 32.1. The molecule has 0 spiro atoms. The molecule has 9 heteroatoms. The Balaban J connectivity index is 1.84. The molecule has 1 N–H and O–H groups in total. The van der Waals surface area contributed by atoms with E-state index in [1.807, 2.05) is 4.90 Å². The molecule has 1 saturated heterocycles. The van der Waals surface area contributed by atoms with Crippen molar-refractivity contribution in [1.82, 2.24) is 0 Å². The van der Waals surface area contributed by atoms with Crippen LogP contribution >= 0.6 is 11.3 Å². The maximum atomic E-state index is 12.6. The number of nitrogens with one attached hydrogen (secondary N) is 1. The zero-order valence-electron chi connectivity index (χ0n) is 15.6. The quantitative estimate of drug-likeness (QED) is 0.461. The fourth-order valence-electron chi connectivity index (χ4n) is 3.18. The van der Waals surface area contributed by atoms with E-state index in [0.29, 0.717) is 16.6 Å². The van der Waals surface area contributed by atoms with Crippen LogP contribution in [0.1, 0.15) is 40.5 Å². The summed E-state index contributed by atoms with van der Waals surface area (Å²) in [6.07, 6.45) is 1.96. The summed E-state index contributed by atoms with van der Waals surface area (Å²) in [7, 11) is 1.26. The number of carbonyl (C=O) groups excluding carboxylic acids is 2. The van der Waals surface area contributed by atoms with E-state index >= 15 is 0 Å². The number of nitro benzene ring substituents is 1. The molecule has 1 aromatic heterocycles. The van der Waals surface area contributed by atoms with Crippen molar-refractivity contribution in [2.75, 3.05) is 30.4 Å². The van der Waals surface area contributed by atoms with Crippen molar-refractivity contribution in [1.29, 1.82) is 0 Å². The highest BCUT2D eigenvalue weighted by Gasteiger charge is 2.25. The van der Waals surface area contributed by atoms with Crippen LogP contribution in [0.2, 0.25) is 0 Å². The van der Waals surface area contributed by atoms with Crippen molar-refractivity contribution in [3.8, 4) is 0 Å². The van der Waals surface area contributed by atoms with Gasteiger partial charge in [-0.3, -0.25) is 14.9 Å². The van der Waals surface area contributed by atoms with Gasteiger partial charge in [0, 0.05) is 24.7 Å². The molecule has 28 heavy (non-hydrogen) atoms. The Hall–Kier alpha value is -2.94. The standard InChI is InChI=1S/C19H21N3O5S/c1-12-5-8-21(9-6-12)15-4-3-13(11-16(15)22(25)26)17(23)20-18-14(7-10-28-18)19(24)27-2/h3-4,7,10-12H,5-6,8-9H2,1-2H3,(H,20,23). The van der Waals surface area contributed by atoms with E-state index in [-0.39, 0.29) is 16.8 Å². The third-order valence-corrected chi connectivity index (χ3v) is 5.69. The number of nitrogens with zero attached hydrogens (tertiary/aromatic N) is 2. The van der Waals surface area contributed by atoms with Gasteiger partial charge < -0.3 is 15.0 Å². The van der Waals surface area contributed by atoms with Gasteiger partial charge in [-0.1, -0.05) is 6.92 Å². The van der Waals surface area contributed by atoms with E-state index in [9.17, 15) is 19.7 Å². The van der Waals surface area contributed by atoms with Crippen molar-refractivity contribution in [2.45, 2.75) is 19.8 Å². The van der Waals surface area contributed by atoms with Crippen molar-refractivity contribution in [3.63, 3.8) is 0 Å². The highest BCUT2D eigenvalue weighted by molar-refractivity contribution is 7.14. The summed E-state index contributed by atoms with van der Waals surface area (Å²) in [5, 5.41) is 16.2. The number of hydrogen-bond donors (Lipinski definition) is 1. The predicted octanol–water partition coefficient (Wildman–Crippen LogP) is 3.93. The average Bonchev–Trinajstić information content (AvgIpc) is 3.15. The van der Waals surface area contributed by atoms with E-state index < -0.39 is 16.8 Å². The summed E-state index contributed by atoms with van der Waals surface area (Å²) >= 11 is 1.18. The maximum absolute atomic E-state index is 12.6. The van der Waals surface area contributed by atoms with Crippen molar-refractivity contribution < 1.29 is 19.2 Å². The van der Waals surface area contributed by atoms with Crippen LogP contribution in [0.25, 0.3) is 0 Å². The number of thiophene rings is 1. The number of hydrogen-bond acceptors (Lipinski definition) is 7. The van der Waals surface area contributed by atoms with E-state index in [1.165, 1.54) is 24.5 Å². The van der Waals surface area contributed by atoms with Crippen LogP contribution in [0.4, 0.5) is 16.4 Å². The molecule has 0 saturated carbocycles. The molecule has 3 rings (SSSR count). The summed E-state index contributed by atoms with van der Waals surface area (Å²) in [4.78, 5) is 37.4. The number of nitro groups is 1. The second-order valence-corrected chi connectivity index (χ2v) is 7.66. The molecule has 0 bridgehead atoms. The van der Waals surface area contributed by atoms with Gasteiger partial charge in [-0.25, -0.2) is 4.79 Å². The third-order valence-electron chi connectivity index (χ3n) is 4.86. The largest absolute Gasteiger partial charge is 0.465 e. The minimum absolute atomic E-state index is 0.0958. The van der Waals surface area contributed by atoms with Crippen LogP contribution in [-0.2, 0) is 4.74 Å². The number of benzene rings is 1. The molecule has 148 valence electrons. The molecule has 1 aromatic carbocycles. The Bertz CT molecular complexity index is 903. The minimum atomic E-state index is -0.558. The van der Waals surface area contributed by atoms with E-state index in [4.69, 9.17) is 0 Å². The van der Waals surface area contributed by atoms with Gasteiger partial charge in [0.2, 0.25) is 0 Å². The molecule has 2 heterocycles. The zero-order valence-corrected chi connectivity index (χ0v) is 16.5. The molecule has 0 aliphatic carbocycles. The van der Waals surface area contributed by atoms with Gasteiger partial charge in [0.1, 0.15) is 10.7 Å². The molecule has 8 nitrogen and oxygen atoms in total. The molecule has 1 aliphatic rings. The lowest BCUT2D eigenvalue weighted by atomic mass is 9.98. The Morgan fingerprint density at radius 1 is 1.29 bits per heavy atom. The van der Waals surface area contributed by atoms with Gasteiger partial charge in [0.05, 0.1) is 17.6 Å². The number of esters is 1. The number of amides is 1. The second kappa shape index (κ2) is 8.39. The van der Waals surface area contributed by atoms with Gasteiger partial charge in [-0.2, -0.15) is 0 Å². The smallest absolute Gasteiger partial charge is 0.340 e. The fraction of sp³-hybridized carbons (Fsp3) is 0.368. The summed E-state index contributed by atoms with van der Waals surface area (Å²) in [5.74, 6) is -0.470. The number of methoxy groups -OCH3 is 1. The van der Waals surface area contributed by atoms with Gasteiger partial charge in [-0.15, -0.1) is 11.3 Å². The molecule has 2 aromatic rings. The van der Waals surface area contributed by atoms with Crippen LogP contribution < -0.4 is 10.2 Å². The number of piperidine rings is 1. The Morgan fingerprint density at radius 2 is 2.00 bits per heavy atom. The second-order valence-electron chi connectivity index (χ2n) is 6.74. The first-order chi connectivity index (χ1) is 13.4. The van der Waals surface area contributed by atoms with E-state index in [2.05, 4.69) is 17.0 Å². The van der Waals surface area contributed by atoms with Crippen LogP contribution in [0.3, 0.4) is 0 Å². The average molecular weight is 403 g/mol. The summed E-state index contributed by atoms with van der Waals surface area (Å²) in [5.41, 5.74) is 0.834. The first-order valence-electron chi connectivity index (χ1n) is 8.91. The van der Waals surface area contributed by atoms with Crippen molar-refractivity contribution in [3.05, 3.63) is 50.9 Å². The molecule has 1 fully saturated rings. The third kappa shape index (κ3) is 4.14. The normalized spacial score (nSPS) is 14.6. The van der Waals surface area contributed by atoms with E-state index in [0.717, 1.165) is 25.9 Å². The van der Waals surface area contributed by atoms with Crippen molar-refractivity contribution in [2.24, 2.45) is 5.92 Å². The molecule has 0 unspecified atom stereocenters. The fourth-order valence-corrected chi connectivity index (χ4v) is 3.95. The molecular weight excluding hydrogens is 382 g/mol. The Labute approximate surface area is 166 Å². The first-order valence-corrected chi connectivity index (χ1v) is 9.79. The van der Waals surface area contributed by atoms with Gasteiger partial charge >= 0.3 is 5.97 Å². The Kier molecular flexibility index (Phi) is 5.93. The first kappa shape index (κ1) is 19.8. The molecule has 0 atom stereocenters. The monoisotopic (exact) mass is 403 g/mol. The number of carbonyl (C=O) groups is 2. The summed E-state index contributed by atoms with van der Waals surface area (Å²) in [6.45, 7) is 3.68. The molecule has 1 aliphatic heterocycles. The zero-order chi connectivity index (χ0) is 20.3. The number of anilines is 2. The highest BCUT2D eigenvalue weighted by Crippen LogP contribution is 2.33. The summed E-state index contributed by atoms with van der Waals surface area (Å²) in [6, 6.07) is 6.03. The SMILES string of the molecule is COC(=O)c1ccsc1NC(=O)c1ccc(N2CCC(C)CC2)c([N+](=O)[O-])c1. The van der Waals surface area contributed by atoms with Crippen LogP contribution in [-0.4, -0.2) is 37.0 Å². The van der Waals surface area contributed by atoms with Crippen LogP contribution in [0, 0.1) is 16.0 Å². The lowest BCUT2D eigenvalue weighted by Crippen LogP contribution is -2.33. The lowest BCUT2D eigenvalue weighted by Gasteiger charge is -2.31. The lowest BCUT2D eigenvalue weighted by molar-refractivity contribution is -0.384. The van der Waals surface area contributed by atoms with Gasteiger partial charge in [0.15, 0.2) is 0 Å². The van der Waals surface area contributed by atoms with Crippen molar-refractivity contribution >= 4 is 39.6 Å². The Morgan fingerprint density at radius 3 is 2.64 bits per heavy atom. The molecule has 1 amide bonds. The van der Waals surface area contributed by atoms with Gasteiger partial charge in [0.25, 0.3) is 11.6 Å². The minimum Gasteiger partial charge on any atom is -0.465 e.